The van der Waals surface area contributed by atoms with Gasteiger partial charge in [-0.15, -0.1) is 23.5 Å². The minimum absolute atomic E-state index is 0.212. The molecule has 1 fully saturated rings. The van der Waals surface area contributed by atoms with E-state index in [1.807, 2.05) is 53.9 Å². The largest absolute Gasteiger partial charge is 0.458 e. The highest BCUT2D eigenvalue weighted by molar-refractivity contribution is 8.17. The van der Waals surface area contributed by atoms with Crippen molar-refractivity contribution < 1.29 is 9.52 Å². The number of hydrogen-bond donors (Lipinski definition) is 1. The second-order valence-corrected chi connectivity index (χ2v) is 6.89. The van der Waals surface area contributed by atoms with Crippen LogP contribution in [0.4, 0.5) is 0 Å². The number of para-hydroxylation sites is 1. The number of hydrogen-bond acceptors (Lipinski definition) is 4. The van der Waals surface area contributed by atoms with Gasteiger partial charge in [-0.1, -0.05) is 18.2 Å². The molecule has 1 aromatic carbocycles. The Hall–Kier alpha value is -0.580. The zero-order valence-electron chi connectivity index (χ0n) is 9.33. The number of rotatable bonds is 2. The van der Waals surface area contributed by atoms with Crippen molar-refractivity contribution in [1.29, 1.82) is 0 Å². The van der Waals surface area contributed by atoms with Gasteiger partial charge in [-0.3, -0.25) is 0 Å². The van der Waals surface area contributed by atoms with Gasteiger partial charge in [0.2, 0.25) is 0 Å². The summed E-state index contributed by atoms with van der Waals surface area (Å²) in [6.45, 7) is 0. The van der Waals surface area contributed by atoms with Crippen molar-refractivity contribution in [2.45, 2.75) is 17.1 Å². The van der Waals surface area contributed by atoms with Crippen molar-refractivity contribution in [3.63, 3.8) is 0 Å². The number of aliphatic hydroxyl groups excluding tert-OH is 1. The topological polar surface area (TPSA) is 33.4 Å². The molecule has 1 unspecified atom stereocenters. The second kappa shape index (κ2) is 4.96. The minimum atomic E-state index is -0.502. The molecular formula is C13H14O2S2. The Bertz CT molecular complexity index is 470. The molecule has 1 saturated heterocycles. The van der Waals surface area contributed by atoms with Crippen LogP contribution in [0.2, 0.25) is 0 Å². The number of thioether (sulfide) groups is 2. The zero-order valence-corrected chi connectivity index (χ0v) is 11.0. The van der Waals surface area contributed by atoms with E-state index in [1.165, 1.54) is 6.42 Å². The highest BCUT2D eigenvalue weighted by atomic mass is 32.2. The van der Waals surface area contributed by atoms with E-state index in [-0.39, 0.29) is 4.58 Å². The number of aliphatic hydroxyl groups is 1. The van der Waals surface area contributed by atoms with Gasteiger partial charge in [0.05, 0.1) is 4.58 Å². The van der Waals surface area contributed by atoms with Crippen LogP contribution in [0.25, 0.3) is 11.0 Å². The van der Waals surface area contributed by atoms with Crippen LogP contribution in [0.3, 0.4) is 0 Å². The van der Waals surface area contributed by atoms with Crippen LogP contribution >= 0.6 is 23.5 Å². The summed E-state index contributed by atoms with van der Waals surface area (Å²) in [4.78, 5) is 0. The minimum Gasteiger partial charge on any atom is -0.458 e. The van der Waals surface area contributed by atoms with Crippen LogP contribution < -0.4 is 0 Å². The Balaban J connectivity index is 1.86. The first-order valence-electron chi connectivity index (χ1n) is 5.74. The molecule has 2 heterocycles. The lowest BCUT2D eigenvalue weighted by Crippen LogP contribution is -2.15. The van der Waals surface area contributed by atoms with Gasteiger partial charge in [0.15, 0.2) is 0 Å². The van der Waals surface area contributed by atoms with Crippen LogP contribution in [-0.2, 0) is 0 Å². The fraction of sp³-hybridized carbons (Fsp3) is 0.385. The van der Waals surface area contributed by atoms with Gasteiger partial charge in [0.25, 0.3) is 0 Å². The molecule has 4 heteroatoms. The van der Waals surface area contributed by atoms with Crippen molar-refractivity contribution in [1.82, 2.24) is 0 Å². The van der Waals surface area contributed by atoms with Gasteiger partial charge in [-0.05, 0) is 30.1 Å². The van der Waals surface area contributed by atoms with Gasteiger partial charge in [0, 0.05) is 5.39 Å². The summed E-state index contributed by atoms with van der Waals surface area (Å²) in [7, 11) is 0. The Morgan fingerprint density at radius 3 is 2.76 bits per heavy atom. The first-order chi connectivity index (χ1) is 8.34. The van der Waals surface area contributed by atoms with Crippen molar-refractivity contribution in [3.8, 4) is 0 Å². The van der Waals surface area contributed by atoms with Crippen LogP contribution in [0, 0.1) is 0 Å². The second-order valence-electron chi connectivity index (χ2n) is 4.09. The Kier molecular flexibility index (Phi) is 3.36. The molecule has 2 aromatic rings. The maximum Gasteiger partial charge on any atom is 0.135 e. The lowest BCUT2D eigenvalue weighted by atomic mass is 10.2. The van der Waals surface area contributed by atoms with E-state index < -0.39 is 6.10 Å². The molecule has 0 spiro atoms. The molecule has 90 valence electrons. The summed E-state index contributed by atoms with van der Waals surface area (Å²) < 4.78 is 5.92. The molecule has 1 aliphatic rings. The first-order valence-corrected chi connectivity index (χ1v) is 7.84. The summed E-state index contributed by atoms with van der Waals surface area (Å²) in [5, 5.41) is 11.4. The summed E-state index contributed by atoms with van der Waals surface area (Å²) in [6, 6.07) is 9.84. The molecule has 17 heavy (non-hydrogen) atoms. The molecule has 2 nitrogen and oxygen atoms in total. The van der Waals surface area contributed by atoms with E-state index in [2.05, 4.69) is 0 Å². The summed E-state index contributed by atoms with van der Waals surface area (Å²) in [5.41, 5.74) is 0.854. The zero-order chi connectivity index (χ0) is 11.7. The Morgan fingerprint density at radius 1 is 1.24 bits per heavy atom. The monoisotopic (exact) mass is 266 g/mol. The SMILES string of the molecule is OC(c1cc2ccccc2o1)C1SCCCS1. The van der Waals surface area contributed by atoms with Crippen LogP contribution in [0.1, 0.15) is 18.3 Å². The maximum absolute atomic E-state index is 10.3. The van der Waals surface area contributed by atoms with Gasteiger partial charge in [-0.2, -0.15) is 0 Å². The average molecular weight is 266 g/mol. The fourth-order valence-corrected chi connectivity index (χ4v) is 4.84. The molecule has 0 bridgehead atoms. The summed E-state index contributed by atoms with van der Waals surface area (Å²) >= 11 is 3.66. The third-order valence-corrected chi connectivity index (χ3v) is 5.88. The number of benzene rings is 1. The highest BCUT2D eigenvalue weighted by Gasteiger charge is 2.26. The van der Waals surface area contributed by atoms with Gasteiger partial charge in [0.1, 0.15) is 17.4 Å². The van der Waals surface area contributed by atoms with Gasteiger partial charge >= 0.3 is 0 Å². The van der Waals surface area contributed by atoms with E-state index in [0.717, 1.165) is 22.5 Å². The predicted octanol–water partition coefficient (Wildman–Crippen LogP) is 3.66. The van der Waals surface area contributed by atoms with E-state index in [4.69, 9.17) is 4.42 Å². The van der Waals surface area contributed by atoms with Crippen molar-refractivity contribution in [2.24, 2.45) is 0 Å². The molecule has 0 radical (unpaired) electrons. The molecule has 1 aliphatic heterocycles. The van der Waals surface area contributed by atoms with Gasteiger partial charge < -0.3 is 9.52 Å². The normalized spacial score (nSPS) is 19.6. The van der Waals surface area contributed by atoms with E-state index in [0.29, 0.717) is 5.76 Å². The van der Waals surface area contributed by atoms with Crippen LogP contribution in [-0.4, -0.2) is 21.2 Å². The quantitative estimate of drug-likeness (QED) is 0.899. The number of fused-ring (bicyclic) bond motifs is 1. The summed E-state index contributed by atoms with van der Waals surface area (Å²) in [6.07, 6.45) is 0.733. The molecule has 3 rings (SSSR count). The fourth-order valence-electron chi connectivity index (χ4n) is 1.97. The van der Waals surface area contributed by atoms with E-state index >= 15 is 0 Å². The van der Waals surface area contributed by atoms with Crippen molar-refractivity contribution in [2.75, 3.05) is 11.5 Å². The van der Waals surface area contributed by atoms with E-state index in [1.54, 1.807) is 0 Å². The molecule has 0 amide bonds. The van der Waals surface area contributed by atoms with Crippen LogP contribution in [0.5, 0.6) is 0 Å². The first kappa shape index (κ1) is 11.5. The molecule has 1 N–H and O–H groups in total. The van der Waals surface area contributed by atoms with Crippen molar-refractivity contribution >= 4 is 34.5 Å². The lowest BCUT2D eigenvalue weighted by Gasteiger charge is -2.24. The molecule has 1 aromatic heterocycles. The molecule has 1 atom stereocenters. The highest BCUT2D eigenvalue weighted by Crippen LogP contribution is 2.40. The van der Waals surface area contributed by atoms with Crippen molar-refractivity contribution in [3.05, 3.63) is 36.1 Å². The van der Waals surface area contributed by atoms with Crippen LogP contribution in [0.15, 0.2) is 34.7 Å². The average Bonchev–Trinajstić information content (AvgIpc) is 2.82. The lowest BCUT2D eigenvalue weighted by molar-refractivity contribution is 0.169. The third-order valence-electron chi connectivity index (χ3n) is 2.85. The molecule has 0 saturated carbocycles. The molecular weight excluding hydrogens is 252 g/mol. The Morgan fingerprint density at radius 2 is 2.00 bits per heavy atom. The maximum atomic E-state index is 10.3. The number of furan rings is 1. The smallest absolute Gasteiger partial charge is 0.135 e. The third kappa shape index (κ3) is 2.34. The molecule has 0 aliphatic carbocycles. The standard InChI is InChI=1S/C13H14O2S2/c14-12(13-16-6-3-7-17-13)11-8-9-4-1-2-5-10(9)15-11/h1-2,4-5,8,12-14H,3,6-7H2. The Labute approximate surface area is 109 Å². The van der Waals surface area contributed by atoms with Gasteiger partial charge in [-0.25, -0.2) is 0 Å². The summed E-state index contributed by atoms with van der Waals surface area (Å²) in [5.74, 6) is 2.96. The van der Waals surface area contributed by atoms with E-state index in [9.17, 15) is 5.11 Å². The predicted molar refractivity (Wildman–Crippen MR) is 74.5 cm³/mol.